The van der Waals surface area contributed by atoms with Crippen molar-refractivity contribution in [3.8, 4) is 11.5 Å². The topological polar surface area (TPSA) is 87.1 Å². The fourth-order valence-corrected chi connectivity index (χ4v) is 3.42. The lowest BCUT2D eigenvalue weighted by molar-refractivity contribution is -0.135. The first-order chi connectivity index (χ1) is 15.1. The van der Waals surface area contributed by atoms with E-state index in [4.69, 9.17) is 4.74 Å². The van der Waals surface area contributed by atoms with Crippen LogP contribution in [0.1, 0.15) is 81.3 Å². The number of aromatic hydroxyl groups is 1. The number of carboxylic acids is 1. The Morgan fingerprint density at radius 1 is 1.12 bits per heavy atom. The minimum atomic E-state index is -1.16. The van der Waals surface area contributed by atoms with Gasteiger partial charge in [0.05, 0.1) is 6.54 Å². The number of rotatable bonds is 13. The van der Waals surface area contributed by atoms with Crippen LogP contribution >= 0.6 is 0 Å². The van der Waals surface area contributed by atoms with Crippen molar-refractivity contribution in [3.63, 3.8) is 0 Å². The molecule has 0 aliphatic rings. The van der Waals surface area contributed by atoms with Crippen molar-refractivity contribution in [3.05, 3.63) is 46.1 Å². The van der Waals surface area contributed by atoms with E-state index >= 15 is 0 Å². The normalized spacial score (nSPS) is 11.5. The molecule has 0 aliphatic carbocycles. The summed E-state index contributed by atoms with van der Waals surface area (Å²) in [7, 11) is 3.47. The summed E-state index contributed by atoms with van der Waals surface area (Å²) in [5.41, 5.74) is 3.17. The quantitative estimate of drug-likeness (QED) is 0.180. The molecule has 6 heteroatoms. The van der Waals surface area contributed by atoms with Crippen LogP contribution in [0.4, 0.5) is 0 Å². The Balaban J connectivity index is 3.38. The first kappa shape index (κ1) is 27.4. The predicted octanol–water partition coefficient (Wildman–Crippen LogP) is 5.53. The molecular formula is C26H39NO5. The molecule has 1 rings (SSSR count). The summed E-state index contributed by atoms with van der Waals surface area (Å²) in [6.45, 7) is 8.20. The Morgan fingerprint density at radius 3 is 2.38 bits per heavy atom. The predicted molar refractivity (Wildman–Crippen MR) is 129 cm³/mol. The highest BCUT2D eigenvalue weighted by Gasteiger charge is 2.25. The SMILES string of the molecule is CCCCCc1cc(O)c(C/C=C(\C)CCC=C(C)C)c(OC(=O)CN(C)C)c1C(=O)O. The molecule has 6 nitrogen and oxygen atoms in total. The maximum atomic E-state index is 12.4. The van der Waals surface area contributed by atoms with E-state index in [1.54, 1.807) is 19.0 Å². The fourth-order valence-electron chi connectivity index (χ4n) is 3.42. The summed E-state index contributed by atoms with van der Waals surface area (Å²) in [5, 5.41) is 20.7. The molecule has 0 aromatic heterocycles. The second-order valence-electron chi connectivity index (χ2n) is 8.79. The van der Waals surface area contributed by atoms with Crippen molar-refractivity contribution in [2.75, 3.05) is 20.6 Å². The fraction of sp³-hybridized carbons (Fsp3) is 0.538. The molecule has 0 fully saturated rings. The largest absolute Gasteiger partial charge is 0.508 e. The monoisotopic (exact) mass is 445 g/mol. The van der Waals surface area contributed by atoms with Gasteiger partial charge in [0.1, 0.15) is 11.3 Å². The number of hydrogen-bond acceptors (Lipinski definition) is 5. The Morgan fingerprint density at radius 2 is 1.81 bits per heavy atom. The van der Waals surface area contributed by atoms with E-state index in [0.29, 0.717) is 17.5 Å². The molecule has 0 heterocycles. The minimum Gasteiger partial charge on any atom is -0.508 e. The number of nitrogens with zero attached hydrogens (tertiary/aromatic N) is 1. The van der Waals surface area contributed by atoms with Gasteiger partial charge < -0.3 is 14.9 Å². The summed E-state index contributed by atoms with van der Waals surface area (Å²) >= 11 is 0. The van der Waals surface area contributed by atoms with Gasteiger partial charge in [-0.25, -0.2) is 4.79 Å². The number of likely N-dealkylation sites (N-methyl/N-ethyl adjacent to an activating group) is 1. The summed E-state index contributed by atoms with van der Waals surface area (Å²) in [6.07, 6.45) is 9.42. The van der Waals surface area contributed by atoms with Crippen LogP contribution in [0.5, 0.6) is 11.5 Å². The van der Waals surface area contributed by atoms with Gasteiger partial charge in [-0.3, -0.25) is 9.69 Å². The molecule has 0 unspecified atom stereocenters. The Kier molecular flexibility index (Phi) is 11.8. The maximum Gasteiger partial charge on any atom is 0.339 e. The number of unbranched alkanes of at least 4 members (excludes halogenated alkanes) is 2. The van der Waals surface area contributed by atoms with Crippen LogP contribution in [0.25, 0.3) is 0 Å². The van der Waals surface area contributed by atoms with Gasteiger partial charge in [-0.05, 0) is 78.6 Å². The van der Waals surface area contributed by atoms with Crippen molar-refractivity contribution >= 4 is 11.9 Å². The molecule has 1 aromatic rings. The number of carbonyl (C=O) groups is 2. The van der Waals surface area contributed by atoms with E-state index in [1.165, 1.54) is 11.6 Å². The second-order valence-corrected chi connectivity index (χ2v) is 8.79. The lowest BCUT2D eigenvalue weighted by Gasteiger charge is -2.18. The summed E-state index contributed by atoms with van der Waals surface area (Å²) in [4.78, 5) is 26.2. The third kappa shape index (κ3) is 9.27. The van der Waals surface area contributed by atoms with Gasteiger partial charge in [-0.1, -0.05) is 43.1 Å². The standard InChI is InChI=1S/C26H39NO5/c1-7-8-9-13-20-16-22(28)21(15-14-19(4)12-10-11-18(2)3)25(24(20)26(30)31)32-23(29)17-27(5)6/h11,14,16,28H,7-10,12-13,15,17H2,1-6H3,(H,30,31)/b19-14+. The van der Waals surface area contributed by atoms with Crippen LogP contribution in [-0.2, 0) is 17.6 Å². The number of carboxylic acid groups (broad SMARTS) is 1. The number of phenolic OH excluding ortho intramolecular Hbond substituents is 1. The van der Waals surface area contributed by atoms with E-state index < -0.39 is 11.9 Å². The van der Waals surface area contributed by atoms with E-state index in [2.05, 4.69) is 26.8 Å². The van der Waals surface area contributed by atoms with E-state index in [0.717, 1.165) is 37.7 Å². The number of allylic oxidation sites excluding steroid dienone is 4. The molecular weight excluding hydrogens is 406 g/mol. The van der Waals surface area contributed by atoms with Crippen molar-refractivity contribution in [2.45, 2.75) is 72.6 Å². The molecule has 0 spiro atoms. The molecule has 0 radical (unpaired) electrons. The lowest BCUT2D eigenvalue weighted by atomic mass is 9.94. The first-order valence-electron chi connectivity index (χ1n) is 11.3. The van der Waals surface area contributed by atoms with E-state index in [1.807, 2.05) is 13.0 Å². The van der Waals surface area contributed by atoms with Gasteiger partial charge in [0.25, 0.3) is 0 Å². The van der Waals surface area contributed by atoms with Crippen LogP contribution in [0.3, 0.4) is 0 Å². The van der Waals surface area contributed by atoms with Crippen LogP contribution in [0, 0.1) is 0 Å². The zero-order valence-electron chi connectivity index (χ0n) is 20.5. The van der Waals surface area contributed by atoms with Crippen LogP contribution in [0.15, 0.2) is 29.4 Å². The van der Waals surface area contributed by atoms with Gasteiger partial charge in [0.2, 0.25) is 0 Å². The van der Waals surface area contributed by atoms with E-state index in [9.17, 15) is 19.8 Å². The summed E-state index contributed by atoms with van der Waals surface area (Å²) in [6, 6.07) is 1.52. The van der Waals surface area contributed by atoms with Gasteiger partial charge >= 0.3 is 11.9 Å². The Hall–Kier alpha value is -2.60. The van der Waals surface area contributed by atoms with Crippen LogP contribution in [-0.4, -0.2) is 47.7 Å². The van der Waals surface area contributed by atoms with Gasteiger partial charge in [-0.2, -0.15) is 0 Å². The van der Waals surface area contributed by atoms with Crippen molar-refractivity contribution in [1.29, 1.82) is 0 Å². The Bertz CT molecular complexity index is 848. The lowest BCUT2D eigenvalue weighted by Crippen LogP contribution is -2.26. The second kappa shape index (κ2) is 13.7. The number of aromatic carboxylic acids is 1. The number of carbonyl (C=O) groups excluding carboxylic acids is 1. The third-order valence-corrected chi connectivity index (χ3v) is 5.11. The number of esters is 1. The van der Waals surface area contributed by atoms with Crippen molar-refractivity contribution in [2.24, 2.45) is 0 Å². The molecule has 0 bridgehead atoms. The average molecular weight is 446 g/mol. The number of hydrogen-bond donors (Lipinski definition) is 2. The average Bonchev–Trinajstić information content (AvgIpc) is 2.66. The molecule has 0 aliphatic heterocycles. The number of ether oxygens (including phenoxy) is 1. The third-order valence-electron chi connectivity index (χ3n) is 5.11. The zero-order valence-corrected chi connectivity index (χ0v) is 20.5. The molecule has 2 N–H and O–H groups in total. The number of phenols is 1. The molecule has 0 atom stereocenters. The summed E-state index contributed by atoms with van der Waals surface area (Å²) < 4.78 is 5.56. The highest BCUT2D eigenvalue weighted by Crippen LogP contribution is 2.37. The van der Waals surface area contributed by atoms with Crippen molar-refractivity contribution in [1.82, 2.24) is 4.90 Å². The molecule has 0 amide bonds. The molecule has 0 saturated heterocycles. The van der Waals surface area contributed by atoms with E-state index in [-0.39, 0.29) is 30.0 Å². The van der Waals surface area contributed by atoms with Gasteiger partial charge in [0, 0.05) is 5.56 Å². The Labute approximate surface area is 192 Å². The minimum absolute atomic E-state index is 0.0108. The molecule has 32 heavy (non-hydrogen) atoms. The first-order valence-corrected chi connectivity index (χ1v) is 11.3. The van der Waals surface area contributed by atoms with Crippen LogP contribution in [0.2, 0.25) is 0 Å². The highest BCUT2D eigenvalue weighted by molar-refractivity contribution is 5.95. The van der Waals surface area contributed by atoms with Crippen molar-refractivity contribution < 1.29 is 24.5 Å². The smallest absolute Gasteiger partial charge is 0.339 e. The van der Waals surface area contributed by atoms with Gasteiger partial charge in [-0.15, -0.1) is 0 Å². The zero-order chi connectivity index (χ0) is 24.3. The van der Waals surface area contributed by atoms with Crippen LogP contribution < -0.4 is 4.74 Å². The number of aryl methyl sites for hydroxylation is 1. The van der Waals surface area contributed by atoms with Gasteiger partial charge in [0.15, 0.2) is 5.75 Å². The molecule has 0 saturated carbocycles. The molecule has 1 aromatic carbocycles. The summed E-state index contributed by atoms with van der Waals surface area (Å²) in [5.74, 6) is -1.80. The molecule has 178 valence electrons. The highest BCUT2D eigenvalue weighted by atomic mass is 16.5. The number of benzene rings is 1. The maximum absolute atomic E-state index is 12.4.